The van der Waals surface area contributed by atoms with Crippen molar-refractivity contribution in [3.8, 4) is 0 Å². The van der Waals surface area contributed by atoms with Gasteiger partial charge in [-0.2, -0.15) is 5.10 Å². The molecule has 5 heteroatoms. The molecule has 0 aromatic carbocycles. The molecule has 1 aromatic heterocycles. The van der Waals surface area contributed by atoms with Gasteiger partial charge in [-0.3, -0.25) is 9.48 Å². The summed E-state index contributed by atoms with van der Waals surface area (Å²) in [6, 6.07) is 0. The first-order valence-corrected chi connectivity index (χ1v) is 5.85. The molecule has 1 atom stereocenters. The largest absolute Gasteiger partial charge is 0.396 e. The van der Waals surface area contributed by atoms with Crippen LogP contribution in [0.3, 0.4) is 0 Å². The number of carbonyl (C=O) groups is 1. The number of aryl methyl sites for hydroxylation is 1. The van der Waals surface area contributed by atoms with Crippen LogP contribution in [-0.4, -0.2) is 32.9 Å². The van der Waals surface area contributed by atoms with Crippen LogP contribution in [0.5, 0.6) is 0 Å². The second-order valence-corrected chi connectivity index (χ2v) is 4.61. The summed E-state index contributed by atoms with van der Waals surface area (Å²) < 4.78 is 1.67. The SMILES string of the molecule is CCC(C)(CCO)NC(=O)c1cnn(C)c1C. The maximum absolute atomic E-state index is 12.1. The zero-order valence-electron chi connectivity index (χ0n) is 10.9. The first-order valence-electron chi connectivity index (χ1n) is 5.85. The third-order valence-electron chi connectivity index (χ3n) is 3.34. The minimum atomic E-state index is -0.367. The molecule has 17 heavy (non-hydrogen) atoms. The minimum Gasteiger partial charge on any atom is -0.396 e. The van der Waals surface area contributed by atoms with Gasteiger partial charge in [-0.1, -0.05) is 6.92 Å². The third-order valence-corrected chi connectivity index (χ3v) is 3.34. The van der Waals surface area contributed by atoms with Gasteiger partial charge in [0.05, 0.1) is 11.8 Å². The second-order valence-electron chi connectivity index (χ2n) is 4.61. The maximum atomic E-state index is 12.1. The molecule has 1 aromatic rings. The van der Waals surface area contributed by atoms with Crippen molar-refractivity contribution in [1.29, 1.82) is 0 Å². The smallest absolute Gasteiger partial charge is 0.255 e. The van der Waals surface area contributed by atoms with Gasteiger partial charge in [0.25, 0.3) is 5.91 Å². The molecule has 0 bridgehead atoms. The molecule has 0 aliphatic carbocycles. The van der Waals surface area contributed by atoms with Crippen LogP contribution in [-0.2, 0) is 7.05 Å². The number of rotatable bonds is 5. The lowest BCUT2D eigenvalue weighted by Crippen LogP contribution is -2.46. The molecule has 0 aliphatic heterocycles. The van der Waals surface area contributed by atoms with E-state index in [0.29, 0.717) is 12.0 Å². The molecule has 0 radical (unpaired) electrons. The number of aliphatic hydroxyl groups excluding tert-OH is 1. The Labute approximate surface area is 102 Å². The molecule has 0 spiro atoms. The average Bonchev–Trinajstić information content (AvgIpc) is 2.60. The van der Waals surface area contributed by atoms with Crippen molar-refractivity contribution < 1.29 is 9.90 Å². The van der Waals surface area contributed by atoms with Gasteiger partial charge in [-0.15, -0.1) is 0 Å². The summed E-state index contributed by atoms with van der Waals surface area (Å²) in [6.07, 6.45) is 2.90. The van der Waals surface area contributed by atoms with E-state index >= 15 is 0 Å². The van der Waals surface area contributed by atoms with Crippen LogP contribution in [0.25, 0.3) is 0 Å². The van der Waals surface area contributed by atoms with Crippen LogP contribution in [0.1, 0.15) is 42.7 Å². The van der Waals surface area contributed by atoms with Crippen LogP contribution in [0.2, 0.25) is 0 Å². The van der Waals surface area contributed by atoms with Gasteiger partial charge in [-0.05, 0) is 26.7 Å². The zero-order chi connectivity index (χ0) is 13.1. The number of amides is 1. The fourth-order valence-electron chi connectivity index (χ4n) is 1.64. The van der Waals surface area contributed by atoms with E-state index in [1.54, 1.807) is 17.9 Å². The number of hydrogen-bond acceptors (Lipinski definition) is 3. The van der Waals surface area contributed by atoms with E-state index in [-0.39, 0.29) is 18.1 Å². The highest BCUT2D eigenvalue weighted by atomic mass is 16.3. The van der Waals surface area contributed by atoms with Crippen LogP contribution < -0.4 is 5.32 Å². The minimum absolute atomic E-state index is 0.0661. The molecule has 5 nitrogen and oxygen atoms in total. The maximum Gasteiger partial charge on any atom is 0.255 e. The zero-order valence-corrected chi connectivity index (χ0v) is 10.9. The van der Waals surface area contributed by atoms with Crippen LogP contribution in [0.15, 0.2) is 6.20 Å². The molecule has 1 unspecified atom stereocenters. The number of hydrogen-bond donors (Lipinski definition) is 2. The Kier molecular flexibility index (Phi) is 4.28. The fourth-order valence-corrected chi connectivity index (χ4v) is 1.64. The van der Waals surface area contributed by atoms with Crippen molar-refractivity contribution in [3.05, 3.63) is 17.5 Å². The molecule has 2 N–H and O–H groups in total. The predicted octanol–water partition coefficient (Wildman–Crippen LogP) is 1.01. The average molecular weight is 239 g/mol. The van der Waals surface area contributed by atoms with E-state index in [4.69, 9.17) is 5.11 Å². The van der Waals surface area contributed by atoms with E-state index in [0.717, 1.165) is 12.1 Å². The van der Waals surface area contributed by atoms with Gasteiger partial charge in [0.1, 0.15) is 0 Å². The number of nitrogens with one attached hydrogen (secondary N) is 1. The highest BCUT2D eigenvalue weighted by molar-refractivity contribution is 5.95. The summed E-state index contributed by atoms with van der Waals surface area (Å²) in [7, 11) is 1.80. The van der Waals surface area contributed by atoms with Crippen LogP contribution in [0.4, 0.5) is 0 Å². The lowest BCUT2D eigenvalue weighted by atomic mass is 9.94. The van der Waals surface area contributed by atoms with E-state index in [1.807, 2.05) is 20.8 Å². The van der Waals surface area contributed by atoms with Crippen molar-refractivity contribution in [1.82, 2.24) is 15.1 Å². The number of carbonyl (C=O) groups excluding carboxylic acids is 1. The fraction of sp³-hybridized carbons (Fsp3) is 0.667. The van der Waals surface area contributed by atoms with Gasteiger partial charge in [0.15, 0.2) is 0 Å². The van der Waals surface area contributed by atoms with E-state index in [9.17, 15) is 4.79 Å². The molecule has 96 valence electrons. The van der Waals surface area contributed by atoms with Crippen molar-refractivity contribution in [2.45, 2.75) is 39.2 Å². The van der Waals surface area contributed by atoms with E-state index in [1.165, 1.54) is 0 Å². The highest BCUT2D eigenvalue weighted by Crippen LogP contribution is 2.15. The van der Waals surface area contributed by atoms with Crippen LogP contribution >= 0.6 is 0 Å². The first kappa shape index (κ1) is 13.7. The van der Waals surface area contributed by atoms with E-state index in [2.05, 4.69) is 10.4 Å². The monoisotopic (exact) mass is 239 g/mol. The summed E-state index contributed by atoms with van der Waals surface area (Å²) >= 11 is 0. The van der Waals surface area contributed by atoms with Crippen LogP contribution in [0, 0.1) is 6.92 Å². The Balaban J connectivity index is 2.81. The molecule has 0 saturated carbocycles. The van der Waals surface area contributed by atoms with Gasteiger partial charge in [0.2, 0.25) is 0 Å². The molecular formula is C12H21N3O2. The predicted molar refractivity (Wildman–Crippen MR) is 65.8 cm³/mol. The van der Waals surface area contributed by atoms with Gasteiger partial charge >= 0.3 is 0 Å². The Morgan fingerprint density at radius 3 is 2.71 bits per heavy atom. The van der Waals surface area contributed by atoms with Crippen molar-refractivity contribution in [3.63, 3.8) is 0 Å². The highest BCUT2D eigenvalue weighted by Gasteiger charge is 2.25. The lowest BCUT2D eigenvalue weighted by molar-refractivity contribution is 0.0885. The topological polar surface area (TPSA) is 67.2 Å². The Bertz CT molecular complexity index is 400. The second kappa shape index (κ2) is 5.31. The Hall–Kier alpha value is -1.36. The lowest BCUT2D eigenvalue weighted by Gasteiger charge is -2.28. The summed E-state index contributed by atoms with van der Waals surface area (Å²) in [5.41, 5.74) is 1.06. The summed E-state index contributed by atoms with van der Waals surface area (Å²) in [5, 5.41) is 16.0. The number of nitrogens with zero attached hydrogens (tertiary/aromatic N) is 2. The number of aliphatic hydroxyl groups is 1. The van der Waals surface area contributed by atoms with Gasteiger partial charge in [-0.25, -0.2) is 0 Å². The number of aromatic nitrogens is 2. The standard InChI is InChI=1S/C12H21N3O2/c1-5-12(3,6-7-16)14-11(17)10-8-13-15(4)9(10)2/h8,16H,5-7H2,1-4H3,(H,14,17). The van der Waals surface area contributed by atoms with Crippen molar-refractivity contribution in [2.75, 3.05) is 6.61 Å². The van der Waals surface area contributed by atoms with Gasteiger partial charge in [0, 0.05) is 24.9 Å². The molecule has 1 amide bonds. The quantitative estimate of drug-likeness (QED) is 0.806. The Morgan fingerprint density at radius 2 is 2.29 bits per heavy atom. The Morgan fingerprint density at radius 1 is 1.65 bits per heavy atom. The summed E-state index contributed by atoms with van der Waals surface area (Å²) in [6.45, 7) is 5.85. The van der Waals surface area contributed by atoms with Gasteiger partial charge < -0.3 is 10.4 Å². The molecule has 1 heterocycles. The summed E-state index contributed by atoms with van der Waals surface area (Å²) in [4.78, 5) is 12.1. The molecule has 1 rings (SSSR count). The third kappa shape index (κ3) is 3.06. The normalized spacial score (nSPS) is 14.4. The molecule has 0 aliphatic rings. The van der Waals surface area contributed by atoms with Crippen molar-refractivity contribution in [2.24, 2.45) is 7.05 Å². The molecular weight excluding hydrogens is 218 g/mol. The summed E-state index contributed by atoms with van der Waals surface area (Å²) in [5.74, 6) is -0.131. The van der Waals surface area contributed by atoms with Crippen molar-refractivity contribution >= 4 is 5.91 Å². The van der Waals surface area contributed by atoms with E-state index < -0.39 is 0 Å². The molecule has 0 saturated heterocycles. The first-order chi connectivity index (χ1) is 7.93. The molecule has 0 fully saturated rings.